The van der Waals surface area contributed by atoms with E-state index in [-0.39, 0.29) is 31.4 Å². The molecule has 0 saturated carbocycles. The number of halogens is 1. The van der Waals surface area contributed by atoms with E-state index < -0.39 is 17.7 Å². The smallest absolute Gasteiger partial charge is 0.310 e. The highest BCUT2D eigenvalue weighted by Gasteiger charge is 2.22. The van der Waals surface area contributed by atoms with Gasteiger partial charge < -0.3 is 15.0 Å². The van der Waals surface area contributed by atoms with E-state index in [0.29, 0.717) is 5.56 Å². The van der Waals surface area contributed by atoms with Gasteiger partial charge in [-0.2, -0.15) is 0 Å². The second-order valence-corrected chi connectivity index (χ2v) is 5.17. The second kappa shape index (κ2) is 8.87. The van der Waals surface area contributed by atoms with Crippen LogP contribution in [-0.4, -0.2) is 49.4 Å². The Labute approximate surface area is 134 Å². The monoisotopic (exact) mass is 324 g/mol. The van der Waals surface area contributed by atoms with Crippen LogP contribution in [0.15, 0.2) is 24.3 Å². The summed E-state index contributed by atoms with van der Waals surface area (Å²) in [7, 11) is 1.28. The third-order valence-electron chi connectivity index (χ3n) is 3.23. The van der Waals surface area contributed by atoms with Crippen molar-refractivity contribution >= 4 is 17.8 Å². The minimum absolute atomic E-state index is 0.141. The fraction of sp³-hybridized carbons (Fsp3) is 0.438. The minimum Gasteiger partial charge on any atom is -0.469 e. The summed E-state index contributed by atoms with van der Waals surface area (Å²) in [4.78, 5) is 36.5. The van der Waals surface area contributed by atoms with E-state index in [1.807, 2.05) is 0 Å². The molecular weight excluding hydrogens is 303 g/mol. The van der Waals surface area contributed by atoms with Gasteiger partial charge in [0, 0.05) is 32.1 Å². The zero-order chi connectivity index (χ0) is 17.4. The number of esters is 1. The van der Waals surface area contributed by atoms with Crippen LogP contribution < -0.4 is 5.32 Å². The highest BCUT2D eigenvalue weighted by Crippen LogP contribution is 2.10. The summed E-state index contributed by atoms with van der Waals surface area (Å²) in [5, 5.41) is 2.60. The van der Waals surface area contributed by atoms with Crippen LogP contribution in [0.5, 0.6) is 0 Å². The van der Waals surface area contributed by atoms with Gasteiger partial charge in [-0.15, -0.1) is 0 Å². The SMILES string of the molecule is COC(=O)C(C)CN(CCNC(C)=O)C(=O)c1ccc(F)cc1. The largest absolute Gasteiger partial charge is 0.469 e. The normalized spacial score (nSPS) is 11.5. The Kier molecular flexibility index (Phi) is 7.18. The number of nitrogens with one attached hydrogen (secondary N) is 1. The molecule has 0 radical (unpaired) electrons. The molecule has 0 spiro atoms. The number of carbonyl (C=O) groups is 3. The second-order valence-electron chi connectivity index (χ2n) is 5.17. The van der Waals surface area contributed by atoms with Crippen LogP contribution in [0.4, 0.5) is 4.39 Å². The first kappa shape index (κ1) is 18.6. The first-order valence-electron chi connectivity index (χ1n) is 7.22. The summed E-state index contributed by atoms with van der Waals surface area (Å²) in [5.41, 5.74) is 0.311. The number of hydrogen-bond acceptors (Lipinski definition) is 4. The lowest BCUT2D eigenvalue weighted by molar-refractivity contribution is -0.145. The van der Waals surface area contributed by atoms with Crippen LogP contribution in [0.1, 0.15) is 24.2 Å². The van der Waals surface area contributed by atoms with Crippen LogP contribution in [0.25, 0.3) is 0 Å². The molecule has 0 aliphatic rings. The number of benzene rings is 1. The van der Waals surface area contributed by atoms with Crippen molar-refractivity contribution in [2.75, 3.05) is 26.7 Å². The molecule has 126 valence electrons. The molecule has 6 nitrogen and oxygen atoms in total. The number of rotatable bonds is 7. The summed E-state index contributed by atoms with van der Waals surface area (Å²) >= 11 is 0. The Balaban J connectivity index is 2.83. The lowest BCUT2D eigenvalue weighted by atomic mass is 10.1. The fourth-order valence-electron chi connectivity index (χ4n) is 2.02. The minimum atomic E-state index is -0.512. The molecule has 7 heteroatoms. The molecule has 1 unspecified atom stereocenters. The topological polar surface area (TPSA) is 75.7 Å². The van der Waals surface area contributed by atoms with E-state index in [2.05, 4.69) is 10.1 Å². The predicted octanol–water partition coefficient (Wildman–Crippen LogP) is 1.21. The number of amides is 2. The molecule has 0 aliphatic heterocycles. The van der Waals surface area contributed by atoms with Gasteiger partial charge in [0.2, 0.25) is 5.91 Å². The van der Waals surface area contributed by atoms with Crippen molar-refractivity contribution in [3.63, 3.8) is 0 Å². The molecule has 1 N–H and O–H groups in total. The molecule has 1 atom stereocenters. The molecule has 0 fully saturated rings. The van der Waals surface area contributed by atoms with Gasteiger partial charge in [-0.1, -0.05) is 6.92 Å². The van der Waals surface area contributed by atoms with Crippen molar-refractivity contribution < 1.29 is 23.5 Å². The van der Waals surface area contributed by atoms with Crippen LogP contribution >= 0.6 is 0 Å². The zero-order valence-electron chi connectivity index (χ0n) is 13.5. The average molecular weight is 324 g/mol. The molecule has 0 saturated heterocycles. The van der Waals surface area contributed by atoms with Gasteiger partial charge in [-0.3, -0.25) is 14.4 Å². The number of nitrogens with zero attached hydrogens (tertiary/aromatic N) is 1. The Morgan fingerprint density at radius 3 is 2.39 bits per heavy atom. The molecule has 0 aromatic heterocycles. The van der Waals surface area contributed by atoms with E-state index in [1.165, 1.54) is 43.2 Å². The molecule has 1 aromatic carbocycles. The lowest BCUT2D eigenvalue weighted by Crippen LogP contribution is -2.41. The number of carbonyl (C=O) groups excluding carboxylic acids is 3. The first-order valence-corrected chi connectivity index (χ1v) is 7.22. The van der Waals surface area contributed by atoms with Crippen molar-refractivity contribution in [3.8, 4) is 0 Å². The van der Waals surface area contributed by atoms with Crippen LogP contribution in [0.2, 0.25) is 0 Å². The number of methoxy groups -OCH3 is 1. The van der Waals surface area contributed by atoms with Gasteiger partial charge in [0.1, 0.15) is 5.82 Å². The van der Waals surface area contributed by atoms with Gasteiger partial charge in [0.25, 0.3) is 5.91 Å². The fourth-order valence-corrected chi connectivity index (χ4v) is 2.02. The maximum atomic E-state index is 13.0. The van der Waals surface area contributed by atoms with Gasteiger partial charge in [-0.25, -0.2) is 4.39 Å². The van der Waals surface area contributed by atoms with Crippen molar-refractivity contribution in [1.29, 1.82) is 0 Å². The molecule has 1 aromatic rings. The predicted molar refractivity (Wildman–Crippen MR) is 82.2 cm³/mol. The summed E-state index contributed by atoms with van der Waals surface area (Å²) in [6.45, 7) is 3.66. The molecule has 0 bridgehead atoms. The maximum absolute atomic E-state index is 13.0. The Morgan fingerprint density at radius 1 is 1.26 bits per heavy atom. The molecule has 23 heavy (non-hydrogen) atoms. The van der Waals surface area contributed by atoms with Gasteiger partial charge >= 0.3 is 5.97 Å². The third-order valence-corrected chi connectivity index (χ3v) is 3.23. The van der Waals surface area contributed by atoms with Crippen LogP contribution in [0, 0.1) is 11.7 Å². The molecule has 2 amide bonds. The lowest BCUT2D eigenvalue weighted by Gasteiger charge is -2.25. The Bertz CT molecular complexity index is 560. The number of ether oxygens (including phenoxy) is 1. The average Bonchev–Trinajstić information content (AvgIpc) is 2.52. The highest BCUT2D eigenvalue weighted by molar-refractivity contribution is 5.94. The summed E-state index contributed by atoms with van der Waals surface area (Å²) < 4.78 is 17.6. The van der Waals surface area contributed by atoms with E-state index in [4.69, 9.17) is 0 Å². The third kappa shape index (κ3) is 6.06. The zero-order valence-corrected chi connectivity index (χ0v) is 13.5. The van der Waals surface area contributed by atoms with Gasteiger partial charge in [-0.05, 0) is 24.3 Å². The van der Waals surface area contributed by atoms with E-state index in [0.717, 1.165) is 0 Å². The standard InChI is InChI=1S/C16H21FN2O4/c1-11(16(22)23-3)10-19(9-8-18-12(2)20)15(21)13-4-6-14(17)7-5-13/h4-7,11H,8-10H2,1-3H3,(H,18,20). The van der Waals surface area contributed by atoms with Crippen molar-refractivity contribution in [2.24, 2.45) is 5.92 Å². The van der Waals surface area contributed by atoms with E-state index in [1.54, 1.807) is 6.92 Å². The Hall–Kier alpha value is -2.44. The van der Waals surface area contributed by atoms with Crippen molar-refractivity contribution in [2.45, 2.75) is 13.8 Å². The molecule has 0 aliphatic carbocycles. The van der Waals surface area contributed by atoms with Gasteiger partial charge in [0.15, 0.2) is 0 Å². The van der Waals surface area contributed by atoms with Crippen molar-refractivity contribution in [1.82, 2.24) is 10.2 Å². The van der Waals surface area contributed by atoms with Crippen molar-refractivity contribution in [3.05, 3.63) is 35.6 Å². The number of hydrogen-bond donors (Lipinski definition) is 1. The quantitative estimate of drug-likeness (QED) is 0.765. The van der Waals surface area contributed by atoms with Gasteiger partial charge in [0.05, 0.1) is 13.0 Å². The first-order chi connectivity index (χ1) is 10.8. The molecule has 0 heterocycles. The summed E-state index contributed by atoms with van der Waals surface area (Å²) in [6.07, 6.45) is 0. The summed E-state index contributed by atoms with van der Waals surface area (Å²) in [6, 6.07) is 5.16. The van der Waals surface area contributed by atoms with E-state index >= 15 is 0 Å². The van der Waals surface area contributed by atoms with Crippen LogP contribution in [-0.2, 0) is 14.3 Å². The molecular formula is C16H21FN2O4. The Morgan fingerprint density at radius 2 is 1.87 bits per heavy atom. The maximum Gasteiger partial charge on any atom is 0.310 e. The molecule has 1 rings (SSSR count). The van der Waals surface area contributed by atoms with E-state index in [9.17, 15) is 18.8 Å². The highest BCUT2D eigenvalue weighted by atomic mass is 19.1. The van der Waals surface area contributed by atoms with Crippen LogP contribution in [0.3, 0.4) is 0 Å². The summed E-state index contributed by atoms with van der Waals surface area (Å²) in [5.74, 6) is -1.93.